The number of hydrogen-bond donors (Lipinski definition) is 1. The van der Waals surface area contributed by atoms with E-state index < -0.39 is 10.0 Å². The van der Waals surface area contributed by atoms with Crippen molar-refractivity contribution < 1.29 is 12.9 Å². The first-order valence-electron chi connectivity index (χ1n) is 6.49. The molecule has 6 heteroatoms. The summed E-state index contributed by atoms with van der Waals surface area (Å²) < 4.78 is 32.4. The van der Waals surface area contributed by atoms with Gasteiger partial charge < -0.3 is 4.52 Å². The molecule has 0 spiro atoms. The Hall–Kier alpha value is -1.66. The Morgan fingerprint density at radius 2 is 1.95 bits per heavy atom. The third-order valence-corrected chi connectivity index (χ3v) is 5.29. The first kappa shape index (κ1) is 13.3. The zero-order valence-electron chi connectivity index (χ0n) is 11.3. The summed E-state index contributed by atoms with van der Waals surface area (Å²) in [7, 11) is -3.56. The highest BCUT2D eigenvalue weighted by molar-refractivity contribution is 7.89. The predicted octanol–water partition coefficient (Wildman–Crippen LogP) is 2.13. The maximum atomic E-state index is 12.4. The highest BCUT2D eigenvalue weighted by atomic mass is 32.2. The molecule has 1 saturated carbocycles. The molecule has 1 aliphatic carbocycles. The maximum absolute atomic E-state index is 12.4. The maximum Gasteiger partial charge on any atom is 0.246 e. The number of aryl methyl sites for hydroxylation is 2. The van der Waals surface area contributed by atoms with Crippen LogP contribution in [0.15, 0.2) is 39.8 Å². The second kappa shape index (κ2) is 4.71. The Kier molecular flexibility index (Phi) is 3.14. The summed E-state index contributed by atoms with van der Waals surface area (Å²) in [6, 6.07) is 9.88. The molecule has 0 aliphatic heterocycles. The van der Waals surface area contributed by atoms with E-state index in [0.717, 1.165) is 6.42 Å². The van der Waals surface area contributed by atoms with Crippen molar-refractivity contribution in [3.05, 3.63) is 47.3 Å². The SMILES string of the molecule is Cc1noc(C)c1S(=O)(=O)N[C@@H]1C[C@H]1c1ccccc1. The average Bonchev–Trinajstić information content (AvgIpc) is 3.06. The molecule has 1 aliphatic rings. The van der Waals surface area contributed by atoms with Gasteiger partial charge >= 0.3 is 0 Å². The summed E-state index contributed by atoms with van der Waals surface area (Å²) in [5.74, 6) is 0.582. The first-order chi connectivity index (χ1) is 9.49. The predicted molar refractivity (Wildman–Crippen MR) is 73.9 cm³/mol. The van der Waals surface area contributed by atoms with Crippen LogP contribution in [0.2, 0.25) is 0 Å². The summed E-state index contributed by atoms with van der Waals surface area (Å²) in [4.78, 5) is 0.163. The summed E-state index contributed by atoms with van der Waals surface area (Å²) in [5, 5.41) is 3.69. The molecule has 1 aromatic carbocycles. The van der Waals surface area contributed by atoms with Crippen molar-refractivity contribution in [2.24, 2.45) is 0 Å². The van der Waals surface area contributed by atoms with Gasteiger partial charge in [0.15, 0.2) is 5.76 Å². The smallest absolute Gasteiger partial charge is 0.246 e. The van der Waals surface area contributed by atoms with Crippen LogP contribution in [0, 0.1) is 13.8 Å². The van der Waals surface area contributed by atoms with Crippen LogP contribution in [0.1, 0.15) is 29.4 Å². The average molecular weight is 292 g/mol. The largest absolute Gasteiger partial charge is 0.360 e. The molecule has 0 radical (unpaired) electrons. The lowest BCUT2D eigenvalue weighted by atomic mass is 10.1. The van der Waals surface area contributed by atoms with Crippen molar-refractivity contribution in [3.8, 4) is 0 Å². The second-order valence-electron chi connectivity index (χ2n) is 5.13. The number of benzene rings is 1. The molecule has 1 N–H and O–H groups in total. The van der Waals surface area contributed by atoms with E-state index in [1.54, 1.807) is 13.8 Å². The van der Waals surface area contributed by atoms with Crippen LogP contribution < -0.4 is 4.72 Å². The van der Waals surface area contributed by atoms with E-state index in [1.807, 2.05) is 30.3 Å². The molecular weight excluding hydrogens is 276 g/mol. The van der Waals surface area contributed by atoms with Gasteiger partial charge in [-0.05, 0) is 25.8 Å². The van der Waals surface area contributed by atoms with Crippen LogP contribution >= 0.6 is 0 Å². The van der Waals surface area contributed by atoms with Gasteiger partial charge in [0, 0.05) is 12.0 Å². The quantitative estimate of drug-likeness (QED) is 0.937. The Balaban J connectivity index is 1.77. The Labute approximate surface area is 118 Å². The standard InChI is InChI=1S/C14H16N2O3S/c1-9-14(10(2)19-15-9)20(17,18)16-13-8-12(13)11-6-4-3-5-7-11/h3-7,12-13,16H,8H2,1-2H3/t12-,13+/m0/s1. The molecule has 2 aromatic rings. The Morgan fingerprint density at radius 3 is 2.55 bits per heavy atom. The van der Waals surface area contributed by atoms with Crippen molar-refractivity contribution in [1.82, 2.24) is 9.88 Å². The zero-order chi connectivity index (χ0) is 14.3. The van der Waals surface area contributed by atoms with Gasteiger partial charge in [-0.1, -0.05) is 35.5 Å². The molecule has 0 amide bonds. The van der Waals surface area contributed by atoms with Gasteiger partial charge in [0.1, 0.15) is 10.6 Å². The summed E-state index contributed by atoms with van der Waals surface area (Å²) in [5.41, 5.74) is 1.56. The van der Waals surface area contributed by atoms with E-state index in [2.05, 4.69) is 9.88 Å². The molecule has 20 heavy (non-hydrogen) atoms. The van der Waals surface area contributed by atoms with E-state index in [0.29, 0.717) is 11.5 Å². The van der Waals surface area contributed by atoms with E-state index in [1.165, 1.54) is 5.56 Å². The van der Waals surface area contributed by atoms with Gasteiger partial charge in [-0.25, -0.2) is 13.1 Å². The minimum Gasteiger partial charge on any atom is -0.360 e. The Bertz CT molecular complexity index is 703. The van der Waals surface area contributed by atoms with Crippen molar-refractivity contribution in [1.29, 1.82) is 0 Å². The van der Waals surface area contributed by atoms with Crippen molar-refractivity contribution in [3.63, 3.8) is 0 Å². The number of rotatable bonds is 4. The monoisotopic (exact) mass is 292 g/mol. The van der Waals surface area contributed by atoms with E-state index >= 15 is 0 Å². The highest BCUT2D eigenvalue weighted by Gasteiger charge is 2.42. The summed E-state index contributed by atoms with van der Waals surface area (Å²) >= 11 is 0. The highest BCUT2D eigenvalue weighted by Crippen LogP contribution is 2.41. The minimum atomic E-state index is -3.56. The fourth-order valence-electron chi connectivity index (χ4n) is 2.51. The molecule has 3 rings (SSSR count). The fourth-order valence-corrected chi connectivity index (χ4v) is 4.13. The van der Waals surface area contributed by atoms with Gasteiger partial charge in [0.05, 0.1) is 0 Å². The first-order valence-corrected chi connectivity index (χ1v) is 7.97. The molecule has 0 saturated heterocycles. The van der Waals surface area contributed by atoms with Crippen molar-refractivity contribution in [2.45, 2.75) is 37.1 Å². The van der Waals surface area contributed by atoms with Crippen LogP contribution in [0.25, 0.3) is 0 Å². The van der Waals surface area contributed by atoms with Gasteiger partial charge in [-0.3, -0.25) is 0 Å². The molecular formula is C14H16N2O3S. The molecule has 1 fully saturated rings. The number of nitrogens with zero attached hydrogens (tertiary/aromatic N) is 1. The topological polar surface area (TPSA) is 72.2 Å². The molecule has 5 nitrogen and oxygen atoms in total. The molecule has 1 aromatic heterocycles. The van der Waals surface area contributed by atoms with E-state index in [4.69, 9.17) is 4.52 Å². The number of hydrogen-bond acceptors (Lipinski definition) is 4. The third kappa shape index (κ3) is 2.36. The second-order valence-corrected chi connectivity index (χ2v) is 6.78. The zero-order valence-corrected chi connectivity index (χ0v) is 12.1. The molecule has 0 unspecified atom stereocenters. The van der Waals surface area contributed by atoms with Crippen molar-refractivity contribution >= 4 is 10.0 Å². The van der Waals surface area contributed by atoms with E-state index in [-0.39, 0.29) is 16.9 Å². The molecule has 2 atom stereocenters. The summed E-state index contributed by atoms with van der Waals surface area (Å²) in [6.45, 7) is 3.24. The Morgan fingerprint density at radius 1 is 1.25 bits per heavy atom. The lowest BCUT2D eigenvalue weighted by Gasteiger charge is -2.05. The molecule has 0 bridgehead atoms. The van der Waals surface area contributed by atoms with Crippen LogP contribution in [0.3, 0.4) is 0 Å². The van der Waals surface area contributed by atoms with Gasteiger partial charge in [-0.15, -0.1) is 0 Å². The van der Waals surface area contributed by atoms with Crippen LogP contribution in [-0.4, -0.2) is 19.6 Å². The molecule has 1 heterocycles. The lowest BCUT2D eigenvalue weighted by molar-refractivity contribution is 0.390. The summed E-state index contributed by atoms with van der Waals surface area (Å²) in [6.07, 6.45) is 0.826. The van der Waals surface area contributed by atoms with Crippen LogP contribution in [0.5, 0.6) is 0 Å². The number of sulfonamides is 1. The third-order valence-electron chi connectivity index (χ3n) is 3.56. The van der Waals surface area contributed by atoms with Gasteiger partial charge in [0.25, 0.3) is 0 Å². The normalized spacial score (nSPS) is 21.9. The lowest BCUT2D eigenvalue weighted by Crippen LogP contribution is -2.27. The molecule has 106 valence electrons. The van der Waals surface area contributed by atoms with Gasteiger partial charge in [-0.2, -0.15) is 0 Å². The number of nitrogens with one attached hydrogen (secondary N) is 1. The van der Waals surface area contributed by atoms with Gasteiger partial charge in [0.2, 0.25) is 10.0 Å². The van der Waals surface area contributed by atoms with Crippen molar-refractivity contribution in [2.75, 3.05) is 0 Å². The fraction of sp³-hybridized carbons (Fsp3) is 0.357. The van der Waals surface area contributed by atoms with Crippen LogP contribution in [0.4, 0.5) is 0 Å². The number of aromatic nitrogens is 1. The minimum absolute atomic E-state index is 0.0453. The van der Waals surface area contributed by atoms with Crippen LogP contribution in [-0.2, 0) is 10.0 Å². The van der Waals surface area contributed by atoms with E-state index in [9.17, 15) is 8.42 Å².